The van der Waals surface area contributed by atoms with Gasteiger partial charge in [0.15, 0.2) is 0 Å². The molecule has 0 aliphatic carbocycles. The summed E-state index contributed by atoms with van der Waals surface area (Å²) in [5.41, 5.74) is 4.01. The van der Waals surface area contributed by atoms with E-state index in [-0.39, 0.29) is 0 Å². The van der Waals surface area contributed by atoms with Crippen molar-refractivity contribution < 1.29 is 9.53 Å². The highest BCUT2D eigenvalue weighted by Crippen LogP contribution is 2.36. The number of carbonyl (C=O) groups is 1. The lowest BCUT2D eigenvalue weighted by atomic mass is 9.93. The van der Waals surface area contributed by atoms with E-state index >= 15 is 0 Å². The van der Waals surface area contributed by atoms with E-state index in [9.17, 15) is 4.79 Å². The molecule has 0 aromatic heterocycles. The van der Waals surface area contributed by atoms with Gasteiger partial charge < -0.3 is 19.3 Å². The second kappa shape index (κ2) is 18.3. The van der Waals surface area contributed by atoms with Gasteiger partial charge in [-0.1, -0.05) is 45.4 Å². The molecule has 0 N–H and O–H groups in total. The molecule has 1 aromatic carbocycles. The fraction of sp³-hybridized carbons (Fsp3) is 0.688. The van der Waals surface area contributed by atoms with Gasteiger partial charge >= 0.3 is 0 Å². The predicted octanol–water partition coefficient (Wildman–Crippen LogP) is 5.81. The highest BCUT2D eigenvalue weighted by molar-refractivity contribution is 5.88. The molecule has 1 fully saturated rings. The maximum atomic E-state index is 11.1. The Labute approximate surface area is 233 Å². The van der Waals surface area contributed by atoms with Crippen molar-refractivity contribution in [2.24, 2.45) is 4.99 Å². The minimum absolute atomic E-state index is 0.480. The fourth-order valence-electron chi connectivity index (χ4n) is 5.40. The maximum Gasteiger partial charge on any atom is 0.133 e. The van der Waals surface area contributed by atoms with Gasteiger partial charge in [0, 0.05) is 37.3 Å². The van der Waals surface area contributed by atoms with E-state index in [0.717, 1.165) is 57.3 Å². The average Bonchev–Trinajstić information content (AvgIpc) is 3.69. The number of hydrogen-bond acceptors (Lipinski definition) is 6. The van der Waals surface area contributed by atoms with Crippen LogP contribution in [0.15, 0.2) is 35.5 Å². The van der Waals surface area contributed by atoms with Crippen molar-refractivity contribution in [2.75, 3.05) is 60.5 Å². The van der Waals surface area contributed by atoms with Crippen LogP contribution in [0.4, 0.5) is 0 Å². The molecule has 0 spiro atoms. The Morgan fingerprint density at radius 1 is 1.13 bits per heavy atom. The fourth-order valence-corrected chi connectivity index (χ4v) is 5.40. The Morgan fingerprint density at radius 3 is 2.61 bits per heavy atom. The molecule has 0 bridgehead atoms. The van der Waals surface area contributed by atoms with Gasteiger partial charge in [-0.15, -0.1) is 0 Å². The summed E-state index contributed by atoms with van der Waals surface area (Å²) in [6, 6.07) is 7.13. The van der Waals surface area contributed by atoms with E-state index in [1.165, 1.54) is 55.7 Å². The molecule has 6 heteroatoms. The molecule has 3 heterocycles. The first-order valence-electron chi connectivity index (χ1n) is 15.0. The SMILES string of the molecule is CC.CCCCN(C)CCCN(C)C.O=CCN1CC(c2ccc3c(c2)CCO3)CC1CCC1=NC=CC1. The normalized spacial score (nSPS) is 19.9. The summed E-state index contributed by atoms with van der Waals surface area (Å²) in [5.74, 6) is 1.56. The molecule has 3 aliphatic rings. The zero-order valence-electron chi connectivity index (χ0n) is 25.1. The highest BCUT2D eigenvalue weighted by atomic mass is 16.5. The van der Waals surface area contributed by atoms with Crippen molar-refractivity contribution in [1.29, 1.82) is 0 Å². The molecule has 1 aromatic rings. The van der Waals surface area contributed by atoms with E-state index in [2.05, 4.69) is 72.0 Å². The lowest BCUT2D eigenvalue weighted by molar-refractivity contribution is -0.109. The molecule has 1 saturated heterocycles. The van der Waals surface area contributed by atoms with Crippen LogP contribution in [0.5, 0.6) is 5.75 Å². The van der Waals surface area contributed by atoms with Crippen LogP contribution in [-0.4, -0.2) is 93.2 Å². The third-order valence-electron chi connectivity index (χ3n) is 7.54. The highest BCUT2D eigenvalue weighted by Gasteiger charge is 2.33. The van der Waals surface area contributed by atoms with E-state index in [1.54, 1.807) is 0 Å². The Morgan fingerprint density at radius 2 is 1.92 bits per heavy atom. The van der Waals surface area contributed by atoms with Gasteiger partial charge in [-0.3, -0.25) is 9.89 Å². The van der Waals surface area contributed by atoms with Gasteiger partial charge in [-0.05, 0) is 96.0 Å². The number of carbonyl (C=O) groups excluding carboxylic acids is 1. The zero-order chi connectivity index (χ0) is 27.8. The molecule has 0 radical (unpaired) electrons. The summed E-state index contributed by atoms with van der Waals surface area (Å²) in [7, 11) is 6.48. The zero-order valence-corrected chi connectivity index (χ0v) is 25.1. The Bertz CT molecular complexity index is 867. The van der Waals surface area contributed by atoms with Crippen molar-refractivity contribution in [3.05, 3.63) is 41.6 Å². The van der Waals surface area contributed by atoms with Crippen molar-refractivity contribution in [1.82, 2.24) is 14.7 Å². The number of nitrogens with zero attached hydrogens (tertiary/aromatic N) is 4. The topological polar surface area (TPSA) is 48.4 Å². The van der Waals surface area contributed by atoms with Gasteiger partial charge in [0.1, 0.15) is 12.0 Å². The van der Waals surface area contributed by atoms with Crippen LogP contribution in [0, 0.1) is 0 Å². The quantitative estimate of drug-likeness (QED) is 0.304. The van der Waals surface area contributed by atoms with Gasteiger partial charge in [0.2, 0.25) is 0 Å². The summed E-state index contributed by atoms with van der Waals surface area (Å²) in [4.78, 5) is 22.5. The predicted molar refractivity (Wildman–Crippen MR) is 162 cm³/mol. The molecule has 0 amide bonds. The number of likely N-dealkylation sites (tertiary alicyclic amines) is 1. The molecule has 0 saturated carbocycles. The van der Waals surface area contributed by atoms with E-state index in [4.69, 9.17) is 4.74 Å². The van der Waals surface area contributed by atoms with Gasteiger partial charge in [-0.25, -0.2) is 0 Å². The first-order chi connectivity index (χ1) is 18.5. The molecule has 2 unspecified atom stereocenters. The van der Waals surface area contributed by atoms with Crippen LogP contribution in [0.1, 0.15) is 82.8 Å². The standard InChI is InChI=1S/C20H24N2O2.C10H24N2.C2H6/c23-10-9-22-14-17(13-19(22)5-4-18-2-1-8-21-18)15-3-6-20-16(12-15)7-11-24-20;1-5-6-9-12(4)10-7-8-11(2)3;1-2/h1,3,6,8,10,12,17,19H,2,4-5,7,9,11,13-14H2;5-10H2,1-4H3;1-2H3. The second-order valence-electron chi connectivity index (χ2n) is 10.8. The largest absolute Gasteiger partial charge is 0.493 e. The van der Waals surface area contributed by atoms with E-state index < -0.39 is 0 Å². The smallest absolute Gasteiger partial charge is 0.133 e. The summed E-state index contributed by atoms with van der Waals surface area (Å²) < 4.78 is 5.62. The lowest BCUT2D eigenvalue weighted by Gasteiger charge is -2.21. The van der Waals surface area contributed by atoms with E-state index in [0.29, 0.717) is 18.5 Å². The number of aliphatic imine (C=N–C) groups is 1. The molecular formula is C32H54N4O2. The minimum atomic E-state index is 0.480. The number of rotatable bonds is 13. The van der Waals surface area contributed by atoms with Crippen molar-refractivity contribution in [2.45, 2.75) is 84.1 Å². The molecule has 4 rings (SSSR count). The van der Waals surface area contributed by atoms with Crippen LogP contribution < -0.4 is 4.74 Å². The van der Waals surface area contributed by atoms with Crippen LogP contribution >= 0.6 is 0 Å². The molecule has 214 valence electrons. The Balaban J connectivity index is 0.000000309. The summed E-state index contributed by atoms with van der Waals surface area (Å²) in [6.07, 6.45) is 14.3. The Kier molecular flexibility index (Phi) is 15.5. The first-order valence-corrected chi connectivity index (χ1v) is 15.0. The van der Waals surface area contributed by atoms with E-state index in [1.807, 2.05) is 20.0 Å². The number of aldehydes is 1. The van der Waals surface area contributed by atoms with Gasteiger partial charge in [0.05, 0.1) is 13.2 Å². The van der Waals surface area contributed by atoms with Crippen molar-refractivity contribution in [3.8, 4) is 5.75 Å². The monoisotopic (exact) mass is 526 g/mol. The summed E-state index contributed by atoms with van der Waals surface area (Å²) >= 11 is 0. The molecule has 38 heavy (non-hydrogen) atoms. The van der Waals surface area contributed by atoms with Crippen LogP contribution in [0.25, 0.3) is 0 Å². The number of hydrogen-bond donors (Lipinski definition) is 0. The third-order valence-corrected chi connectivity index (χ3v) is 7.54. The third kappa shape index (κ3) is 11.0. The van der Waals surface area contributed by atoms with Crippen LogP contribution in [-0.2, 0) is 11.2 Å². The Hall–Kier alpha value is -2.02. The molecule has 6 nitrogen and oxygen atoms in total. The van der Waals surface area contributed by atoms with Crippen molar-refractivity contribution in [3.63, 3.8) is 0 Å². The number of fused-ring (bicyclic) bond motifs is 1. The number of ether oxygens (including phenoxy) is 1. The summed E-state index contributed by atoms with van der Waals surface area (Å²) in [6.45, 7) is 12.3. The number of benzene rings is 1. The summed E-state index contributed by atoms with van der Waals surface area (Å²) in [5, 5.41) is 0. The second-order valence-corrected chi connectivity index (χ2v) is 10.8. The van der Waals surface area contributed by atoms with Crippen LogP contribution in [0.2, 0.25) is 0 Å². The van der Waals surface area contributed by atoms with Crippen molar-refractivity contribution >= 4 is 12.0 Å². The van der Waals surface area contributed by atoms with Gasteiger partial charge in [-0.2, -0.15) is 0 Å². The average molecular weight is 527 g/mol. The maximum absolute atomic E-state index is 11.1. The molecule has 3 aliphatic heterocycles. The van der Waals surface area contributed by atoms with Crippen LogP contribution in [0.3, 0.4) is 0 Å². The molecule has 2 atom stereocenters. The minimum Gasteiger partial charge on any atom is -0.493 e. The van der Waals surface area contributed by atoms with Gasteiger partial charge in [0.25, 0.3) is 0 Å². The first kappa shape index (κ1) is 32.2. The number of unbranched alkanes of at least 4 members (excludes halogenated alkanes) is 1. The molecular weight excluding hydrogens is 472 g/mol. The number of allylic oxidation sites excluding steroid dienone is 1. The lowest BCUT2D eigenvalue weighted by Crippen LogP contribution is -2.31.